The van der Waals surface area contributed by atoms with Gasteiger partial charge in [0.25, 0.3) is 0 Å². The van der Waals surface area contributed by atoms with Crippen LogP contribution in [0.2, 0.25) is 0 Å². The molecule has 1 aromatic carbocycles. The maximum Gasteiger partial charge on any atom is 0.416 e. The van der Waals surface area contributed by atoms with E-state index >= 15 is 0 Å². The van der Waals surface area contributed by atoms with Crippen molar-refractivity contribution in [3.05, 3.63) is 35.4 Å². The van der Waals surface area contributed by atoms with E-state index in [0.29, 0.717) is 4.43 Å². The van der Waals surface area contributed by atoms with Crippen molar-refractivity contribution in [2.24, 2.45) is 0 Å². The van der Waals surface area contributed by atoms with Gasteiger partial charge in [0.1, 0.15) is 0 Å². The number of ketones is 1. The van der Waals surface area contributed by atoms with Gasteiger partial charge < -0.3 is 0 Å². The smallest absolute Gasteiger partial charge is 0.294 e. The second-order valence-electron chi connectivity index (χ2n) is 2.94. The van der Waals surface area contributed by atoms with Gasteiger partial charge in [-0.05, 0) is 12.1 Å². The zero-order chi connectivity index (χ0) is 11.5. The molecule has 0 radical (unpaired) electrons. The second kappa shape index (κ2) is 4.96. The van der Waals surface area contributed by atoms with Gasteiger partial charge in [-0.1, -0.05) is 34.7 Å². The topological polar surface area (TPSA) is 17.1 Å². The minimum Gasteiger partial charge on any atom is -0.294 e. The molecule has 0 bridgehead atoms. The molecule has 0 saturated heterocycles. The summed E-state index contributed by atoms with van der Waals surface area (Å²) in [7, 11) is 0. The Balaban J connectivity index is 2.98. The first-order valence-electron chi connectivity index (χ1n) is 4.21. The Labute approximate surface area is 98.8 Å². The quantitative estimate of drug-likeness (QED) is 0.470. The lowest BCUT2D eigenvalue weighted by atomic mass is 10.1. The van der Waals surface area contributed by atoms with Crippen LogP contribution in [0.25, 0.3) is 0 Å². The Hall–Kier alpha value is -0.590. The standard InChI is InChI=1S/C10H8F3IO/c11-10(12,13)8-3-1-2-7(6-8)9(15)4-5-14/h1-3,6H,4-5H2. The van der Waals surface area contributed by atoms with E-state index in [0.717, 1.165) is 12.1 Å². The fourth-order valence-corrected chi connectivity index (χ4v) is 1.59. The average Bonchev–Trinajstić information content (AvgIpc) is 2.17. The zero-order valence-corrected chi connectivity index (χ0v) is 9.80. The highest BCUT2D eigenvalue weighted by atomic mass is 127. The maximum absolute atomic E-state index is 12.3. The van der Waals surface area contributed by atoms with E-state index in [9.17, 15) is 18.0 Å². The van der Waals surface area contributed by atoms with Gasteiger partial charge in [0.05, 0.1) is 5.56 Å². The molecule has 0 atom stereocenters. The molecule has 1 aromatic rings. The van der Waals surface area contributed by atoms with Crippen molar-refractivity contribution in [2.75, 3.05) is 4.43 Å². The van der Waals surface area contributed by atoms with Crippen LogP contribution in [-0.4, -0.2) is 10.2 Å². The van der Waals surface area contributed by atoms with E-state index in [2.05, 4.69) is 0 Å². The summed E-state index contributed by atoms with van der Waals surface area (Å²) in [5.74, 6) is -0.254. The van der Waals surface area contributed by atoms with Gasteiger partial charge in [-0.3, -0.25) is 4.79 Å². The Morgan fingerprint density at radius 2 is 2.00 bits per heavy atom. The number of hydrogen-bond acceptors (Lipinski definition) is 1. The van der Waals surface area contributed by atoms with Crippen LogP contribution in [0.5, 0.6) is 0 Å². The summed E-state index contributed by atoms with van der Waals surface area (Å²) in [6.45, 7) is 0. The van der Waals surface area contributed by atoms with E-state index in [1.807, 2.05) is 22.6 Å². The van der Waals surface area contributed by atoms with E-state index in [1.54, 1.807) is 0 Å². The third kappa shape index (κ3) is 3.48. The summed E-state index contributed by atoms with van der Waals surface area (Å²) < 4.78 is 37.5. The molecule has 82 valence electrons. The van der Waals surface area contributed by atoms with Crippen LogP contribution in [0.1, 0.15) is 22.3 Å². The Morgan fingerprint density at radius 3 is 2.53 bits per heavy atom. The van der Waals surface area contributed by atoms with Gasteiger partial charge in [0.15, 0.2) is 5.78 Å². The minimum atomic E-state index is -4.39. The van der Waals surface area contributed by atoms with Crippen molar-refractivity contribution in [1.29, 1.82) is 0 Å². The lowest BCUT2D eigenvalue weighted by molar-refractivity contribution is -0.137. The van der Waals surface area contributed by atoms with Crippen LogP contribution < -0.4 is 0 Å². The van der Waals surface area contributed by atoms with Crippen LogP contribution in [0.15, 0.2) is 24.3 Å². The molecule has 0 amide bonds. The zero-order valence-electron chi connectivity index (χ0n) is 7.64. The van der Waals surface area contributed by atoms with Crippen LogP contribution in [0, 0.1) is 0 Å². The fourth-order valence-electron chi connectivity index (χ4n) is 1.10. The highest BCUT2D eigenvalue weighted by molar-refractivity contribution is 14.1. The lowest BCUT2D eigenvalue weighted by Crippen LogP contribution is -2.07. The van der Waals surface area contributed by atoms with Crippen LogP contribution >= 0.6 is 22.6 Å². The SMILES string of the molecule is O=C(CCI)c1cccc(C(F)(F)F)c1. The number of hydrogen-bond donors (Lipinski definition) is 0. The molecule has 0 aliphatic carbocycles. The van der Waals surface area contributed by atoms with Gasteiger partial charge in [0.2, 0.25) is 0 Å². The highest BCUT2D eigenvalue weighted by Gasteiger charge is 2.30. The summed E-state index contributed by atoms with van der Waals surface area (Å²) >= 11 is 2.01. The molecule has 0 fully saturated rings. The number of rotatable bonds is 3. The van der Waals surface area contributed by atoms with Crippen molar-refractivity contribution in [1.82, 2.24) is 0 Å². The number of alkyl halides is 4. The first-order valence-corrected chi connectivity index (χ1v) is 5.74. The number of halogens is 4. The minimum absolute atomic E-state index is 0.126. The molecule has 1 nitrogen and oxygen atoms in total. The van der Waals surface area contributed by atoms with E-state index < -0.39 is 11.7 Å². The van der Waals surface area contributed by atoms with E-state index in [1.165, 1.54) is 12.1 Å². The first-order chi connectivity index (χ1) is 6.95. The predicted molar refractivity (Wildman–Crippen MR) is 59.3 cm³/mol. The average molecular weight is 328 g/mol. The maximum atomic E-state index is 12.3. The van der Waals surface area contributed by atoms with Gasteiger partial charge in [-0.25, -0.2) is 0 Å². The van der Waals surface area contributed by atoms with Crippen molar-refractivity contribution in [2.45, 2.75) is 12.6 Å². The number of Topliss-reactive ketones (excluding diaryl/α,β-unsaturated/α-hetero) is 1. The van der Waals surface area contributed by atoms with Crippen LogP contribution in [0.3, 0.4) is 0 Å². The summed E-state index contributed by atoms with van der Waals surface area (Å²) in [5, 5.41) is 0. The largest absolute Gasteiger partial charge is 0.416 e. The van der Waals surface area contributed by atoms with Crippen LogP contribution in [-0.2, 0) is 6.18 Å². The second-order valence-corrected chi connectivity index (χ2v) is 4.02. The third-order valence-corrected chi connectivity index (χ3v) is 2.37. The first kappa shape index (κ1) is 12.5. The van der Waals surface area contributed by atoms with Gasteiger partial charge >= 0.3 is 6.18 Å². The molecule has 0 aliphatic rings. The van der Waals surface area contributed by atoms with Crippen molar-refractivity contribution in [3.63, 3.8) is 0 Å². The third-order valence-electron chi connectivity index (χ3n) is 1.83. The Kier molecular flexibility index (Phi) is 4.12. The lowest BCUT2D eigenvalue weighted by Gasteiger charge is -2.07. The number of carbonyl (C=O) groups excluding carboxylic acids is 1. The molecular formula is C10H8F3IO. The summed E-state index contributed by atoms with van der Waals surface area (Å²) in [5.41, 5.74) is -0.650. The Bertz CT molecular complexity index is 360. The molecule has 0 aliphatic heterocycles. The monoisotopic (exact) mass is 328 g/mol. The molecule has 0 saturated carbocycles. The Morgan fingerprint density at radius 1 is 1.33 bits per heavy atom. The molecule has 0 spiro atoms. The predicted octanol–water partition coefficient (Wildman–Crippen LogP) is 3.71. The normalized spacial score (nSPS) is 11.5. The molecule has 15 heavy (non-hydrogen) atoms. The van der Waals surface area contributed by atoms with Gasteiger partial charge in [0, 0.05) is 16.4 Å². The van der Waals surface area contributed by atoms with E-state index in [-0.39, 0.29) is 17.8 Å². The van der Waals surface area contributed by atoms with Crippen LogP contribution in [0.4, 0.5) is 13.2 Å². The molecule has 0 aromatic heterocycles. The molecule has 5 heteroatoms. The van der Waals surface area contributed by atoms with E-state index in [4.69, 9.17) is 0 Å². The molecule has 1 rings (SSSR count). The summed E-state index contributed by atoms with van der Waals surface area (Å²) in [6.07, 6.45) is -4.12. The van der Waals surface area contributed by atoms with Gasteiger partial charge in [-0.15, -0.1) is 0 Å². The molecule has 0 N–H and O–H groups in total. The highest BCUT2D eigenvalue weighted by Crippen LogP contribution is 2.29. The van der Waals surface area contributed by atoms with Crippen molar-refractivity contribution in [3.8, 4) is 0 Å². The summed E-state index contributed by atoms with van der Waals surface area (Å²) in [6, 6.07) is 4.52. The van der Waals surface area contributed by atoms with Crippen molar-refractivity contribution < 1.29 is 18.0 Å². The molecule has 0 heterocycles. The van der Waals surface area contributed by atoms with Crippen molar-refractivity contribution >= 4 is 28.4 Å². The number of benzene rings is 1. The molecule has 0 unspecified atom stereocenters. The fraction of sp³-hybridized carbons (Fsp3) is 0.300. The number of carbonyl (C=O) groups is 1. The summed E-state index contributed by atoms with van der Waals surface area (Å²) in [4.78, 5) is 11.4. The molecular weight excluding hydrogens is 320 g/mol. The van der Waals surface area contributed by atoms with Gasteiger partial charge in [-0.2, -0.15) is 13.2 Å².